The number of hydrogen-bond donors (Lipinski definition) is 1. The molecule has 0 amide bonds. The van der Waals surface area contributed by atoms with Crippen molar-refractivity contribution < 1.29 is 14.3 Å². The van der Waals surface area contributed by atoms with Gasteiger partial charge in [0.15, 0.2) is 0 Å². The fraction of sp³-hybridized carbons (Fsp3) is 0.897. The van der Waals surface area contributed by atoms with E-state index in [1.807, 2.05) is 0 Å². The van der Waals surface area contributed by atoms with Crippen LogP contribution < -0.4 is 5.32 Å². The van der Waals surface area contributed by atoms with Crippen LogP contribution in [0.25, 0.3) is 0 Å². The van der Waals surface area contributed by atoms with E-state index < -0.39 is 0 Å². The van der Waals surface area contributed by atoms with Crippen LogP contribution in [0.2, 0.25) is 0 Å². The molecule has 0 aromatic rings. The number of fused-ring (bicyclic) bond motifs is 7. The van der Waals surface area contributed by atoms with Crippen LogP contribution in [0.4, 0.5) is 0 Å². The molecule has 0 radical (unpaired) electrons. The number of esters is 1. The molecule has 11 atom stereocenters. The Hall–Kier alpha value is -0.870. The Labute approximate surface area is 200 Å². The van der Waals surface area contributed by atoms with Crippen LogP contribution in [0.15, 0.2) is 11.6 Å². The molecule has 33 heavy (non-hydrogen) atoms. The van der Waals surface area contributed by atoms with Gasteiger partial charge in [-0.2, -0.15) is 0 Å². The smallest absolute Gasteiger partial charge is 0.302 e. The van der Waals surface area contributed by atoms with Crippen molar-refractivity contribution in [3.63, 3.8) is 0 Å². The molecule has 4 aliphatic carbocycles. The lowest BCUT2D eigenvalue weighted by atomic mass is 9.47. The molecule has 184 valence electrons. The van der Waals surface area contributed by atoms with E-state index in [1.54, 1.807) is 12.5 Å². The van der Waals surface area contributed by atoms with Gasteiger partial charge < -0.3 is 9.47 Å². The van der Waals surface area contributed by atoms with Gasteiger partial charge in [0.25, 0.3) is 0 Å². The zero-order valence-electron chi connectivity index (χ0n) is 21.5. The third-order valence-electron chi connectivity index (χ3n) is 11.9. The predicted molar refractivity (Wildman–Crippen MR) is 129 cm³/mol. The third-order valence-corrected chi connectivity index (χ3v) is 11.9. The van der Waals surface area contributed by atoms with Crippen LogP contribution >= 0.6 is 0 Å². The minimum Gasteiger partial charge on any atom is -0.462 e. The molecule has 0 unspecified atom stereocenters. The lowest BCUT2D eigenvalue weighted by Gasteiger charge is -2.58. The summed E-state index contributed by atoms with van der Waals surface area (Å²) in [6, 6.07) is 0. The van der Waals surface area contributed by atoms with Crippen LogP contribution in [0.3, 0.4) is 0 Å². The molecule has 1 spiro atoms. The molecule has 0 aromatic heterocycles. The molecular weight excluding hydrogens is 410 g/mol. The highest BCUT2D eigenvalue weighted by molar-refractivity contribution is 5.66. The highest BCUT2D eigenvalue weighted by Crippen LogP contribution is 2.70. The first kappa shape index (κ1) is 22.6. The van der Waals surface area contributed by atoms with E-state index in [4.69, 9.17) is 9.47 Å². The van der Waals surface area contributed by atoms with Crippen molar-refractivity contribution in [2.75, 3.05) is 6.54 Å². The van der Waals surface area contributed by atoms with E-state index in [2.05, 4.69) is 39.1 Å². The number of carbonyl (C=O) groups excluding carboxylic acids is 1. The lowest BCUT2D eigenvalue weighted by molar-refractivity contribution is -0.148. The SMILES string of the molecule is CC(=O)O[C@H]1CC[C@@]2(C)C(=CC[C@H]3[C@@H]4C[C@@H]5O[C@]6(CC[C@@H](C)CN6)[C@@H](C)[C@@H]5[C@@]4(C)CC[C@@H]32)C1. The Bertz CT molecular complexity index is 844. The summed E-state index contributed by atoms with van der Waals surface area (Å²) in [5, 5.41) is 3.88. The molecule has 6 rings (SSSR count). The van der Waals surface area contributed by atoms with Crippen molar-refractivity contribution in [3.8, 4) is 0 Å². The van der Waals surface area contributed by atoms with E-state index in [1.165, 1.54) is 44.9 Å². The van der Waals surface area contributed by atoms with Crippen molar-refractivity contribution in [1.82, 2.24) is 5.32 Å². The largest absolute Gasteiger partial charge is 0.462 e. The summed E-state index contributed by atoms with van der Waals surface area (Å²) in [6.07, 6.45) is 13.9. The van der Waals surface area contributed by atoms with Crippen LogP contribution in [0.1, 0.15) is 92.4 Å². The molecule has 0 bridgehead atoms. The number of hydrogen-bond acceptors (Lipinski definition) is 4. The summed E-state index contributed by atoms with van der Waals surface area (Å²) in [5.41, 5.74) is 2.24. The zero-order chi connectivity index (χ0) is 23.2. The van der Waals surface area contributed by atoms with Crippen molar-refractivity contribution in [3.05, 3.63) is 11.6 Å². The fourth-order valence-corrected chi connectivity index (χ4v) is 10.2. The number of nitrogens with one attached hydrogen (secondary N) is 1. The summed E-state index contributed by atoms with van der Waals surface area (Å²) in [7, 11) is 0. The van der Waals surface area contributed by atoms with Gasteiger partial charge in [-0.05, 0) is 91.8 Å². The van der Waals surface area contributed by atoms with E-state index >= 15 is 0 Å². The minimum absolute atomic E-state index is 0.0621. The Balaban J connectivity index is 1.24. The molecule has 5 fully saturated rings. The summed E-state index contributed by atoms with van der Waals surface area (Å²) < 4.78 is 12.6. The van der Waals surface area contributed by atoms with Gasteiger partial charge in [-0.25, -0.2) is 0 Å². The maximum absolute atomic E-state index is 11.5. The van der Waals surface area contributed by atoms with Gasteiger partial charge >= 0.3 is 5.97 Å². The van der Waals surface area contributed by atoms with Crippen LogP contribution in [0, 0.1) is 46.3 Å². The van der Waals surface area contributed by atoms with E-state index in [-0.39, 0.29) is 17.8 Å². The van der Waals surface area contributed by atoms with Crippen LogP contribution in [-0.4, -0.2) is 30.4 Å². The highest BCUT2D eigenvalue weighted by Gasteiger charge is 2.68. The number of carbonyl (C=O) groups is 1. The zero-order valence-corrected chi connectivity index (χ0v) is 21.5. The molecule has 0 aromatic carbocycles. The third kappa shape index (κ3) is 3.18. The second-order valence-electron chi connectivity index (χ2n) is 13.4. The van der Waals surface area contributed by atoms with Crippen molar-refractivity contribution in [2.45, 2.75) is 110 Å². The number of piperidine rings is 1. The number of allylic oxidation sites excluding steroid dienone is 1. The van der Waals surface area contributed by atoms with Gasteiger partial charge in [0, 0.05) is 25.8 Å². The number of rotatable bonds is 1. The topological polar surface area (TPSA) is 47.6 Å². The lowest BCUT2D eigenvalue weighted by Crippen LogP contribution is -2.57. The second-order valence-corrected chi connectivity index (χ2v) is 13.4. The van der Waals surface area contributed by atoms with E-state index in [9.17, 15) is 4.79 Å². The van der Waals surface area contributed by atoms with Crippen LogP contribution in [0.5, 0.6) is 0 Å². The molecule has 1 N–H and O–H groups in total. The average molecular weight is 456 g/mol. The average Bonchev–Trinajstić information content (AvgIpc) is 3.21. The molecule has 2 aliphatic heterocycles. The molecular formula is C29H45NO3. The first-order valence-electron chi connectivity index (χ1n) is 14.0. The molecule has 4 nitrogen and oxygen atoms in total. The molecule has 3 saturated carbocycles. The summed E-state index contributed by atoms with van der Waals surface area (Å²) in [6.45, 7) is 12.7. The normalized spacial score (nSPS) is 55.2. The Kier molecular flexibility index (Phi) is 5.18. The number of ether oxygens (including phenoxy) is 2. The quantitative estimate of drug-likeness (QED) is 0.397. The highest BCUT2D eigenvalue weighted by atomic mass is 16.5. The first-order chi connectivity index (χ1) is 15.7. The van der Waals surface area contributed by atoms with Crippen molar-refractivity contribution >= 4 is 5.97 Å². The molecule has 6 aliphatic rings. The van der Waals surface area contributed by atoms with Crippen molar-refractivity contribution in [2.24, 2.45) is 46.3 Å². The van der Waals surface area contributed by atoms with Gasteiger partial charge in [0.05, 0.1) is 6.10 Å². The van der Waals surface area contributed by atoms with Gasteiger partial charge in [0.1, 0.15) is 11.8 Å². The van der Waals surface area contributed by atoms with Gasteiger partial charge in [-0.1, -0.05) is 39.3 Å². The molecule has 4 heteroatoms. The maximum atomic E-state index is 11.5. The fourth-order valence-electron chi connectivity index (χ4n) is 10.2. The Morgan fingerprint density at radius 2 is 1.94 bits per heavy atom. The summed E-state index contributed by atoms with van der Waals surface area (Å²) >= 11 is 0. The van der Waals surface area contributed by atoms with Gasteiger partial charge in [-0.3, -0.25) is 10.1 Å². The molecule has 2 saturated heterocycles. The summed E-state index contributed by atoms with van der Waals surface area (Å²) in [5.74, 6) is 4.30. The monoisotopic (exact) mass is 455 g/mol. The summed E-state index contributed by atoms with van der Waals surface area (Å²) in [4.78, 5) is 11.5. The van der Waals surface area contributed by atoms with Gasteiger partial charge in [-0.15, -0.1) is 0 Å². The minimum atomic E-state index is -0.127. The second kappa shape index (κ2) is 7.56. The Morgan fingerprint density at radius 1 is 1.12 bits per heavy atom. The predicted octanol–water partition coefficient (Wildman–Crippen LogP) is 5.86. The standard InChI is InChI=1S/C29H45NO3/c1-17-8-13-29(30-16-17)18(2)26-25(33-29)15-24-22-7-6-20-14-21(32-19(3)31)9-11-27(20,4)23(22)10-12-28(24,26)5/h6,17-18,21-26,30H,7-16H2,1-5H3/t17-,18+,21+,22-,23+,24+,25+,26+,27+,28+,29-/m1/s1. The first-order valence-corrected chi connectivity index (χ1v) is 14.0. The van der Waals surface area contributed by atoms with E-state index in [0.29, 0.717) is 28.8 Å². The van der Waals surface area contributed by atoms with Crippen LogP contribution in [-0.2, 0) is 14.3 Å². The molecule has 2 heterocycles. The van der Waals surface area contributed by atoms with Crippen molar-refractivity contribution in [1.29, 1.82) is 0 Å². The van der Waals surface area contributed by atoms with E-state index in [0.717, 1.165) is 43.1 Å². The Morgan fingerprint density at radius 3 is 2.67 bits per heavy atom. The van der Waals surface area contributed by atoms with Gasteiger partial charge in [0.2, 0.25) is 0 Å². The maximum Gasteiger partial charge on any atom is 0.302 e.